The van der Waals surface area contributed by atoms with Crippen molar-refractivity contribution >= 4 is 23.5 Å². The molecule has 1 aromatic rings. The third-order valence-electron chi connectivity index (χ3n) is 1.85. The second-order valence-electron chi connectivity index (χ2n) is 2.96. The summed E-state index contributed by atoms with van der Waals surface area (Å²) in [7, 11) is 0. The Bertz CT molecular complexity index is 456. The Morgan fingerprint density at radius 1 is 1.62 bits per heavy atom. The summed E-state index contributed by atoms with van der Waals surface area (Å²) in [6.07, 6.45) is 0.617. The number of para-hydroxylation sites is 1. The minimum Gasteiger partial charge on any atom is -0.411 e. The van der Waals surface area contributed by atoms with Crippen molar-refractivity contribution in [3.63, 3.8) is 0 Å². The molecule has 1 aromatic carbocycles. The van der Waals surface area contributed by atoms with Gasteiger partial charge in [0.2, 0.25) is 0 Å². The number of anilines is 1. The summed E-state index contributed by atoms with van der Waals surface area (Å²) in [4.78, 5) is 21.2. The van der Waals surface area contributed by atoms with Crippen LogP contribution >= 0.6 is 0 Å². The Kier molecular flexibility index (Phi) is 3.54. The zero-order chi connectivity index (χ0) is 12.1. The van der Waals surface area contributed by atoms with Gasteiger partial charge in [0, 0.05) is 5.56 Å². The van der Waals surface area contributed by atoms with E-state index in [2.05, 4.69) is 10.5 Å². The Morgan fingerprint density at radius 2 is 2.31 bits per heavy atom. The number of aryl methyl sites for hydroxylation is 1. The monoisotopic (exact) mass is 223 g/mol. The molecule has 0 fully saturated rings. The van der Waals surface area contributed by atoms with E-state index in [0.717, 1.165) is 0 Å². The number of hydrogen-bond acceptors (Lipinski definition) is 5. The number of rotatable bonds is 3. The minimum atomic E-state index is -0.740. The number of carbonyl (C=O) groups is 1. The number of oxime groups is 1. The van der Waals surface area contributed by atoms with Crippen molar-refractivity contribution in [3.8, 4) is 0 Å². The molecular formula is C9H9N3O4. The van der Waals surface area contributed by atoms with Crippen LogP contribution in [0.1, 0.15) is 5.56 Å². The first-order valence-corrected chi connectivity index (χ1v) is 4.28. The van der Waals surface area contributed by atoms with Crippen LogP contribution in [0.4, 0.5) is 11.4 Å². The van der Waals surface area contributed by atoms with E-state index in [-0.39, 0.29) is 11.4 Å². The van der Waals surface area contributed by atoms with Gasteiger partial charge in [-0.25, -0.2) is 0 Å². The normalized spacial score (nSPS) is 10.3. The van der Waals surface area contributed by atoms with E-state index in [1.165, 1.54) is 6.07 Å². The number of benzene rings is 1. The van der Waals surface area contributed by atoms with Gasteiger partial charge in [-0.15, -0.1) is 0 Å². The highest BCUT2D eigenvalue weighted by Gasteiger charge is 2.17. The number of hydrogen-bond donors (Lipinski definition) is 2. The molecule has 0 aliphatic rings. The first kappa shape index (κ1) is 11.6. The maximum atomic E-state index is 11.1. The van der Waals surface area contributed by atoms with Crippen molar-refractivity contribution in [2.75, 3.05) is 5.32 Å². The summed E-state index contributed by atoms with van der Waals surface area (Å²) in [5, 5.41) is 23.6. The van der Waals surface area contributed by atoms with Crippen LogP contribution in [0.5, 0.6) is 0 Å². The second kappa shape index (κ2) is 4.87. The van der Waals surface area contributed by atoms with Crippen LogP contribution < -0.4 is 5.32 Å². The SMILES string of the molecule is Cc1cccc(NC(=O)C=NO)c1[N+](=O)[O-]. The van der Waals surface area contributed by atoms with E-state index in [9.17, 15) is 14.9 Å². The lowest BCUT2D eigenvalue weighted by Gasteiger charge is -2.04. The first-order valence-electron chi connectivity index (χ1n) is 4.28. The molecule has 0 bridgehead atoms. The Hall–Kier alpha value is -2.44. The van der Waals surface area contributed by atoms with Crippen LogP contribution in [0.3, 0.4) is 0 Å². The average Bonchev–Trinajstić information content (AvgIpc) is 2.17. The topological polar surface area (TPSA) is 105 Å². The summed E-state index contributed by atoms with van der Waals surface area (Å²) in [5.74, 6) is -0.740. The zero-order valence-electron chi connectivity index (χ0n) is 8.38. The Labute approximate surface area is 90.5 Å². The molecular weight excluding hydrogens is 214 g/mol. The first-order chi connectivity index (χ1) is 7.56. The maximum Gasteiger partial charge on any atom is 0.295 e. The fourth-order valence-corrected chi connectivity index (χ4v) is 1.22. The van der Waals surface area contributed by atoms with E-state index in [1.807, 2.05) is 0 Å². The molecule has 0 saturated heterocycles. The Morgan fingerprint density at radius 3 is 2.88 bits per heavy atom. The summed E-state index contributed by atoms with van der Waals surface area (Å²) < 4.78 is 0. The molecule has 1 rings (SSSR count). The van der Waals surface area contributed by atoms with Gasteiger partial charge < -0.3 is 10.5 Å². The third-order valence-corrected chi connectivity index (χ3v) is 1.85. The van der Waals surface area contributed by atoms with Gasteiger partial charge in [-0.2, -0.15) is 0 Å². The molecule has 0 unspecified atom stereocenters. The smallest absolute Gasteiger partial charge is 0.295 e. The van der Waals surface area contributed by atoms with E-state index in [4.69, 9.17) is 5.21 Å². The highest BCUT2D eigenvalue weighted by Crippen LogP contribution is 2.27. The zero-order valence-corrected chi connectivity index (χ0v) is 8.38. The van der Waals surface area contributed by atoms with Gasteiger partial charge in [0.05, 0.1) is 4.92 Å². The van der Waals surface area contributed by atoms with Crippen LogP contribution in [0.25, 0.3) is 0 Å². The fraction of sp³-hybridized carbons (Fsp3) is 0.111. The molecule has 0 spiro atoms. The number of amides is 1. The van der Waals surface area contributed by atoms with Crippen molar-refractivity contribution in [2.24, 2.45) is 5.16 Å². The summed E-state index contributed by atoms with van der Waals surface area (Å²) >= 11 is 0. The predicted octanol–water partition coefficient (Wildman–Crippen LogP) is 1.30. The standard InChI is InChI=1S/C9H9N3O4/c1-6-3-2-4-7(9(6)12(15)16)11-8(13)5-10-14/h2-5,14H,1H3,(H,11,13). The summed E-state index contributed by atoms with van der Waals surface area (Å²) in [5.41, 5.74) is 0.320. The minimum absolute atomic E-state index is 0.0647. The van der Waals surface area contributed by atoms with Crippen LogP contribution in [0.15, 0.2) is 23.4 Å². The van der Waals surface area contributed by atoms with Gasteiger partial charge in [0.25, 0.3) is 11.6 Å². The average molecular weight is 223 g/mol. The molecule has 2 N–H and O–H groups in total. The molecule has 0 aliphatic carbocycles. The molecule has 7 heteroatoms. The number of carbonyl (C=O) groups excluding carboxylic acids is 1. The van der Waals surface area contributed by atoms with Crippen LogP contribution in [-0.2, 0) is 4.79 Å². The molecule has 0 aliphatic heterocycles. The molecule has 0 saturated carbocycles. The lowest BCUT2D eigenvalue weighted by molar-refractivity contribution is -0.384. The van der Waals surface area contributed by atoms with Gasteiger partial charge in [-0.3, -0.25) is 14.9 Å². The van der Waals surface area contributed by atoms with Gasteiger partial charge in [0.1, 0.15) is 11.9 Å². The lowest BCUT2D eigenvalue weighted by atomic mass is 10.1. The van der Waals surface area contributed by atoms with Crippen molar-refractivity contribution in [2.45, 2.75) is 6.92 Å². The summed E-state index contributed by atoms with van der Waals surface area (Å²) in [6.45, 7) is 1.56. The second-order valence-corrected chi connectivity index (χ2v) is 2.96. The Balaban J connectivity index is 3.09. The van der Waals surface area contributed by atoms with Gasteiger partial charge >= 0.3 is 0 Å². The van der Waals surface area contributed by atoms with Gasteiger partial charge in [-0.1, -0.05) is 17.3 Å². The number of nitrogens with zero attached hydrogens (tertiary/aromatic N) is 2. The summed E-state index contributed by atoms with van der Waals surface area (Å²) in [6, 6.07) is 4.54. The molecule has 0 heterocycles. The number of nitro groups is 1. The highest BCUT2D eigenvalue weighted by atomic mass is 16.6. The van der Waals surface area contributed by atoms with Crippen LogP contribution in [0, 0.1) is 17.0 Å². The van der Waals surface area contributed by atoms with E-state index in [0.29, 0.717) is 11.8 Å². The van der Waals surface area contributed by atoms with Crippen LogP contribution in [-0.4, -0.2) is 22.3 Å². The number of nitro benzene ring substituents is 1. The van der Waals surface area contributed by atoms with Crippen molar-refractivity contribution in [1.82, 2.24) is 0 Å². The fourth-order valence-electron chi connectivity index (χ4n) is 1.22. The van der Waals surface area contributed by atoms with E-state index >= 15 is 0 Å². The molecule has 7 nitrogen and oxygen atoms in total. The predicted molar refractivity (Wildman–Crippen MR) is 56.7 cm³/mol. The quantitative estimate of drug-likeness (QED) is 0.348. The third kappa shape index (κ3) is 2.53. The van der Waals surface area contributed by atoms with Crippen molar-refractivity contribution in [1.29, 1.82) is 0 Å². The largest absolute Gasteiger partial charge is 0.411 e. The highest BCUT2D eigenvalue weighted by molar-refractivity contribution is 6.31. The van der Waals surface area contributed by atoms with Crippen molar-refractivity contribution in [3.05, 3.63) is 33.9 Å². The molecule has 1 amide bonds. The molecule has 84 valence electrons. The van der Waals surface area contributed by atoms with E-state index < -0.39 is 10.8 Å². The maximum absolute atomic E-state index is 11.1. The molecule has 0 aromatic heterocycles. The molecule has 16 heavy (non-hydrogen) atoms. The van der Waals surface area contributed by atoms with Crippen LogP contribution in [0.2, 0.25) is 0 Å². The van der Waals surface area contributed by atoms with E-state index in [1.54, 1.807) is 19.1 Å². The molecule has 0 radical (unpaired) electrons. The lowest BCUT2D eigenvalue weighted by Crippen LogP contribution is -2.14. The van der Waals surface area contributed by atoms with Crippen molar-refractivity contribution < 1.29 is 14.9 Å². The van der Waals surface area contributed by atoms with Gasteiger partial charge in [-0.05, 0) is 13.0 Å². The number of nitrogens with one attached hydrogen (secondary N) is 1. The van der Waals surface area contributed by atoms with Gasteiger partial charge in [0.15, 0.2) is 0 Å². The molecule has 0 atom stereocenters.